The molecule has 134 valence electrons. The number of rotatable bonds is 4. The van der Waals surface area contributed by atoms with Gasteiger partial charge < -0.3 is 14.7 Å². The topological polar surface area (TPSA) is 72.9 Å². The lowest BCUT2D eigenvalue weighted by Gasteiger charge is -2.35. The number of sulfonamides is 1. The standard InChI is InChI=1S/C15H26N6O2S/c1-3-24(22,23)21-12-10-20(11-13-21)15-5-4-14(16-17-15)19-8-6-18(2)7-9-19/h4-5H,3,6-13H2,1-2H3. The van der Waals surface area contributed by atoms with E-state index in [2.05, 4.69) is 31.9 Å². The van der Waals surface area contributed by atoms with E-state index >= 15 is 0 Å². The van der Waals surface area contributed by atoms with E-state index in [0.717, 1.165) is 37.8 Å². The molecule has 0 atom stereocenters. The van der Waals surface area contributed by atoms with Gasteiger partial charge >= 0.3 is 0 Å². The fourth-order valence-electron chi connectivity index (χ4n) is 3.07. The van der Waals surface area contributed by atoms with Crippen molar-refractivity contribution in [3.63, 3.8) is 0 Å². The molecule has 0 saturated carbocycles. The van der Waals surface area contributed by atoms with Gasteiger partial charge in [-0.2, -0.15) is 4.31 Å². The third-order valence-electron chi connectivity index (χ3n) is 4.78. The van der Waals surface area contributed by atoms with Crippen LogP contribution in [0.15, 0.2) is 12.1 Å². The molecular formula is C15H26N6O2S. The average Bonchev–Trinajstić information content (AvgIpc) is 2.63. The first-order valence-corrected chi connectivity index (χ1v) is 10.1. The van der Waals surface area contributed by atoms with Crippen molar-refractivity contribution in [2.45, 2.75) is 6.92 Å². The van der Waals surface area contributed by atoms with Crippen molar-refractivity contribution in [3.05, 3.63) is 12.1 Å². The molecule has 2 fully saturated rings. The molecule has 2 aliphatic heterocycles. The third kappa shape index (κ3) is 3.79. The molecule has 0 N–H and O–H groups in total. The second kappa shape index (κ2) is 7.20. The molecule has 24 heavy (non-hydrogen) atoms. The summed E-state index contributed by atoms with van der Waals surface area (Å²) >= 11 is 0. The van der Waals surface area contributed by atoms with Crippen LogP contribution in [0.2, 0.25) is 0 Å². The van der Waals surface area contributed by atoms with E-state index in [4.69, 9.17) is 0 Å². The summed E-state index contributed by atoms with van der Waals surface area (Å²) in [5.41, 5.74) is 0. The first-order valence-electron chi connectivity index (χ1n) is 8.49. The van der Waals surface area contributed by atoms with Gasteiger partial charge in [-0.15, -0.1) is 10.2 Å². The molecule has 8 nitrogen and oxygen atoms in total. The zero-order valence-electron chi connectivity index (χ0n) is 14.4. The summed E-state index contributed by atoms with van der Waals surface area (Å²) in [6, 6.07) is 4.01. The molecule has 0 unspecified atom stereocenters. The third-order valence-corrected chi connectivity index (χ3v) is 6.67. The summed E-state index contributed by atoms with van der Waals surface area (Å²) in [7, 11) is -0.963. The van der Waals surface area contributed by atoms with Gasteiger partial charge in [-0.1, -0.05) is 0 Å². The highest BCUT2D eigenvalue weighted by Crippen LogP contribution is 2.18. The van der Waals surface area contributed by atoms with E-state index in [1.54, 1.807) is 11.2 Å². The molecule has 2 saturated heterocycles. The lowest BCUT2D eigenvalue weighted by atomic mass is 10.3. The van der Waals surface area contributed by atoms with Gasteiger partial charge in [0.1, 0.15) is 0 Å². The molecular weight excluding hydrogens is 328 g/mol. The van der Waals surface area contributed by atoms with E-state index in [1.165, 1.54) is 0 Å². The molecule has 3 rings (SSSR count). The molecule has 0 amide bonds. The van der Waals surface area contributed by atoms with Crippen molar-refractivity contribution < 1.29 is 8.42 Å². The lowest BCUT2D eigenvalue weighted by Crippen LogP contribution is -2.49. The predicted octanol–water partition coefficient (Wildman–Crippen LogP) is -0.300. The minimum absolute atomic E-state index is 0.159. The summed E-state index contributed by atoms with van der Waals surface area (Å²) in [4.78, 5) is 6.66. The summed E-state index contributed by atoms with van der Waals surface area (Å²) in [5, 5.41) is 8.73. The number of anilines is 2. The zero-order chi connectivity index (χ0) is 17.2. The first kappa shape index (κ1) is 17.4. The number of nitrogens with zero attached hydrogens (tertiary/aromatic N) is 6. The smallest absolute Gasteiger partial charge is 0.213 e. The zero-order valence-corrected chi connectivity index (χ0v) is 15.2. The molecule has 0 aliphatic carbocycles. The van der Waals surface area contributed by atoms with Crippen LogP contribution in [0.4, 0.5) is 11.6 Å². The van der Waals surface area contributed by atoms with E-state index < -0.39 is 10.0 Å². The highest BCUT2D eigenvalue weighted by molar-refractivity contribution is 7.89. The maximum absolute atomic E-state index is 11.9. The molecule has 0 spiro atoms. The minimum Gasteiger partial charge on any atom is -0.353 e. The van der Waals surface area contributed by atoms with Crippen molar-refractivity contribution in [1.29, 1.82) is 0 Å². The van der Waals surface area contributed by atoms with Crippen LogP contribution in [0, 0.1) is 0 Å². The maximum Gasteiger partial charge on any atom is 0.213 e. The molecule has 1 aromatic rings. The van der Waals surface area contributed by atoms with Crippen LogP contribution in [0.3, 0.4) is 0 Å². The number of likely N-dealkylation sites (N-methyl/N-ethyl adjacent to an activating group) is 1. The highest BCUT2D eigenvalue weighted by Gasteiger charge is 2.26. The van der Waals surface area contributed by atoms with Crippen molar-refractivity contribution >= 4 is 21.7 Å². The van der Waals surface area contributed by atoms with Gasteiger partial charge in [-0.05, 0) is 26.1 Å². The Balaban J connectivity index is 1.59. The number of aromatic nitrogens is 2. The van der Waals surface area contributed by atoms with Crippen LogP contribution in [0.5, 0.6) is 0 Å². The largest absolute Gasteiger partial charge is 0.353 e. The van der Waals surface area contributed by atoms with E-state index in [1.807, 2.05) is 12.1 Å². The van der Waals surface area contributed by atoms with Gasteiger partial charge in [0.05, 0.1) is 5.75 Å². The fourth-order valence-corrected chi connectivity index (χ4v) is 4.15. The summed E-state index contributed by atoms with van der Waals surface area (Å²) in [5.74, 6) is 1.90. The van der Waals surface area contributed by atoms with Crippen LogP contribution in [0.25, 0.3) is 0 Å². The Labute approximate surface area is 144 Å². The molecule has 0 aromatic carbocycles. The van der Waals surface area contributed by atoms with Crippen LogP contribution < -0.4 is 9.80 Å². The fraction of sp³-hybridized carbons (Fsp3) is 0.733. The monoisotopic (exact) mass is 354 g/mol. The molecule has 2 aliphatic rings. The van der Waals surface area contributed by atoms with Crippen LogP contribution in [-0.2, 0) is 10.0 Å². The predicted molar refractivity (Wildman–Crippen MR) is 95.0 cm³/mol. The Kier molecular flexibility index (Phi) is 5.21. The number of hydrogen-bond acceptors (Lipinski definition) is 7. The van der Waals surface area contributed by atoms with Crippen molar-refractivity contribution in [2.24, 2.45) is 0 Å². The molecule has 9 heteroatoms. The van der Waals surface area contributed by atoms with E-state index in [9.17, 15) is 8.42 Å². The van der Waals surface area contributed by atoms with Crippen LogP contribution in [-0.4, -0.2) is 93.0 Å². The Morgan fingerprint density at radius 3 is 1.75 bits per heavy atom. The molecule has 0 bridgehead atoms. The van der Waals surface area contributed by atoms with Crippen molar-refractivity contribution in [3.8, 4) is 0 Å². The van der Waals surface area contributed by atoms with Crippen LogP contribution >= 0.6 is 0 Å². The summed E-state index contributed by atoms with van der Waals surface area (Å²) < 4.78 is 25.4. The molecule has 0 radical (unpaired) electrons. The summed E-state index contributed by atoms with van der Waals surface area (Å²) in [6.45, 7) is 8.04. The Hall–Kier alpha value is -1.45. The quantitative estimate of drug-likeness (QED) is 0.735. The second-order valence-corrected chi connectivity index (χ2v) is 8.58. The number of piperazine rings is 2. The minimum atomic E-state index is -3.09. The van der Waals surface area contributed by atoms with E-state index in [-0.39, 0.29) is 5.75 Å². The first-order chi connectivity index (χ1) is 11.5. The Bertz CT molecular complexity index is 634. The maximum atomic E-state index is 11.9. The van der Waals surface area contributed by atoms with Gasteiger partial charge in [0.15, 0.2) is 11.6 Å². The second-order valence-electron chi connectivity index (χ2n) is 6.33. The lowest BCUT2D eigenvalue weighted by molar-refractivity contribution is 0.312. The molecule has 1 aromatic heterocycles. The van der Waals surface area contributed by atoms with Gasteiger partial charge in [-0.25, -0.2) is 8.42 Å². The van der Waals surface area contributed by atoms with Crippen molar-refractivity contribution in [1.82, 2.24) is 19.4 Å². The van der Waals surface area contributed by atoms with Crippen LogP contribution in [0.1, 0.15) is 6.92 Å². The summed E-state index contributed by atoms with van der Waals surface area (Å²) in [6.07, 6.45) is 0. The number of hydrogen-bond donors (Lipinski definition) is 0. The SMILES string of the molecule is CCS(=O)(=O)N1CCN(c2ccc(N3CCN(C)CC3)nn2)CC1. The van der Waals surface area contributed by atoms with Crippen molar-refractivity contribution in [2.75, 3.05) is 75.0 Å². The Morgan fingerprint density at radius 1 is 0.875 bits per heavy atom. The highest BCUT2D eigenvalue weighted by atomic mass is 32.2. The molecule has 3 heterocycles. The van der Waals surface area contributed by atoms with Gasteiger partial charge in [0.2, 0.25) is 10.0 Å². The van der Waals surface area contributed by atoms with Gasteiger partial charge in [-0.3, -0.25) is 0 Å². The Morgan fingerprint density at radius 2 is 1.33 bits per heavy atom. The normalized spacial score (nSPS) is 21.2. The van der Waals surface area contributed by atoms with E-state index in [0.29, 0.717) is 26.2 Å². The van der Waals surface area contributed by atoms with Gasteiger partial charge in [0, 0.05) is 52.4 Å². The average molecular weight is 354 g/mol. The van der Waals surface area contributed by atoms with Gasteiger partial charge in [0.25, 0.3) is 0 Å².